The van der Waals surface area contributed by atoms with Gasteiger partial charge in [0.2, 0.25) is 0 Å². The molecule has 0 radical (unpaired) electrons. The number of esters is 2. The second-order valence-corrected chi connectivity index (χ2v) is 19.8. The molecule has 0 aromatic carbocycles. The molecular formula is C53H100O15. The van der Waals surface area contributed by atoms with Crippen LogP contribution in [0, 0.1) is 0 Å². The Labute approximate surface area is 410 Å². The van der Waals surface area contributed by atoms with Crippen molar-refractivity contribution in [2.75, 3.05) is 26.4 Å². The van der Waals surface area contributed by atoms with E-state index in [4.69, 9.17) is 28.4 Å². The SMILES string of the molecule is CCCCCCCCCCCCCCCCCCCCCCC(=O)OC[C@@H](CO[C@@H]1O[C@H](CO[C@@H]2O[C@H](CO)[C@H](O)C(O)C2O)[C@H](O)C(O)C1O)OC(=O)CCCCCCCCCCCCCC. The summed E-state index contributed by atoms with van der Waals surface area (Å²) in [5.41, 5.74) is 0. The average molecular weight is 977 g/mol. The molecule has 0 aromatic heterocycles. The van der Waals surface area contributed by atoms with Gasteiger partial charge in [0.1, 0.15) is 55.4 Å². The first-order chi connectivity index (χ1) is 33.0. The molecule has 0 bridgehead atoms. The van der Waals surface area contributed by atoms with Gasteiger partial charge in [0, 0.05) is 12.8 Å². The standard InChI is InChI=1S/C53H100O15/c1-3-5-7-9-11-13-15-17-18-19-20-21-22-23-24-26-27-29-31-33-35-44(55)63-38-41(66-45(56)36-34-32-30-28-25-16-14-12-10-8-6-4-2)39-64-52-51(62)49(60)47(58)43(68-52)40-65-53-50(61)48(59)46(57)42(37-54)67-53/h41-43,46-54,57-62H,3-40H2,1-2H3/t41-,42+,43+,46-,47-,48?,49?,50?,51?,52+,53+/m0/s1. The zero-order valence-corrected chi connectivity index (χ0v) is 42.6. The van der Waals surface area contributed by atoms with E-state index in [0.29, 0.717) is 12.8 Å². The van der Waals surface area contributed by atoms with Crippen LogP contribution in [-0.2, 0) is 38.0 Å². The van der Waals surface area contributed by atoms with Crippen LogP contribution in [0.3, 0.4) is 0 Å². The minimum atomic E-state index is -1.76. The molecule has 0 aliphatic carbocycles. The predicted octanol–water partition coefficient (Wildman–Crippen LogP) is 8.39. The zero-order valence-electron chi connectivity index (χ0n) is 42.6. The summed E-state index contributed by atoms with van der Waals surface area (Å²) in [5, 5.41) is 72.1. The first-order valence-electron chi connectivity index (χ1n) is 27.6. The van der Waals surface area contributed by atoms with E-state index >= 15 is 0 Å². The van der Waals surface area contributed by atoms with Gasteiger partial charge in [-0.2, -0.15) is 0 Å². The van der Waals surface area contributed by atoms with E-state index < -0.39 is 92.7 Å². The van der Waals surface area contributed by atoms with Crippen LogP contribution in [-0.4, -0.2) is 142 Å². The van der Waals surface area contributed by atoms with Gasteiger partial charge in [-0.05, 0) is 12.8 Å². The molecule has 0 saturated carbocycles. The summed E-state index contributed by atoms with van der Waals surface area (Å²) in [6.45, 7) is 2.63. The Bertz CT molecular complexity index is 1190. The smallest absolute Gasteiger partial charge is 0.306 e. The average Bonchev–Trinajstić information content (AvgIpc) is 3.33. The molecule has 0 spiro atoms. The number of aliphatic hydroxyl groups is 7. The lowest BCUT2D eigenvalue weighted by Crippen LogP contribution is -2.61. The van der Waals surface area contributed by atoms with Crippen LogP contribution in [0.5, 0.6) is 0 Å². The zero-order chi connectivity index (χ0) is 49.6. The minimum absolute atomic E-state index is 0.173. The Balaban J connectivity index is 1.74. The highest BCUT2D eigenvalue weighted by Crippen LogP contribution is 2.27. The molecule has 2 heterocycles. The monoisotopic (exact) mass is 977 g/mol. The van der Waals surface area contributed by atoms with Crippen LogP contribution in [0.15, 0.2) is 0 Å². The summed E-state index contributed by atoms with van der Waals surface area (Å²) < 4.78 is 33.6. The van der Waals surface area contributed by atoms with Crippen molar-refractivity contribution >= 4 is 11.9 Å². The number of hydrogen-bond acceptors (Lipinski definition) is 15. The van der Waals surface area contributed by atoms with Crippen molar-refractivity contribution in [3.05, 3.63) is 0 Å². The summed E-state index contributed by atoms with van der Waals surface area (Å²) in [6, 6.07) is 0. The fourth-order valence-corrected chi connectivity index (χ4v) is 9.04. The highest BCUT2D eigenvalue weighted by Gasteiger charge is 2.47. The Kier molecular flexibility index (Phi) is 37.8. The van der Waals surface area contributed by atoms with Crippen molar-refractivity contribution in [1.82, 2.24) is 0 Å². The highest BCUT2D eigenvalue weighted by molar-refractivity contribution is 5.70. The summed E-state index contributed by atoms with van der Waals surface area (Å²) in [7, 11) is 0. The molecule has 2 fully saturated rings. The highest BCUT2D eigenvalue weighted by atomic mass is 16.7. The third-order valence-electron chi connectivity index (χ3n) is 13.6. The molecule has 7 N–H and O–H groups in total. The molecule has 68 heavy (non-hydrogen) atoms. The van der Waals surface area contributed by atoms with Gasteiger partial charge < -0.3 is 64.2 Å². The van der Waals surface area contributed by atoms with Gasteiger partial charge in [-0.25, -0.2) is 0 Å². The van der Waals surface area contributed by atoms with Crippen molar-refractivity contribution in [1.29, 1.82) is 0 Å². The second kappa shape index (κ2) is 41.0. The Morgan fingerprint density at radius 3 is 1.15 bits per heavy atom. The van der Waals surface area contributed by atoms with Gasteiger partial charge in [-0.1, -0.05) is 206 Å². The van der Waals surface area contributed by atoms with E-state index in [2.05, 4.69) is 13.8 Å². The maximum atomic E-state index is 13.0. The van der Waals surface area contributed by atoms with Crippen LogP contribution >= 0.6 is 0 Å². The molecule has 2 aliphatic heterocycles. The number of unbranched alkanes of at least 4 members (excludes halogenated alkanes) is 30. The van der Waals surface area contributed by atoms with Gasteiger partial charge in [0.15, 0.2) is 18.7 Å². The van der Waals surface area contributed by atoms with E-state index in [1.54, 1.807) is 0 Å². The third-order valence-corrected chi connectivity index (χ3v) is 13.6. The number of ether oxygens (including phenoxy) is 6. The second-order valence-electron chi connectivity index (χ2n) is 19.8. The molecule has 11 atom stereocenters. The normalized spacial score (nSPS) is 25.7. The molecule has 0 amide bonds. The number of carbonyl (C=O) groups excluding carboxylic acids is 2. The van der Waals surface area contributed by atoms with Crippen molar-refractivity contribution in [2.24, 2.45) is 0 Å². The molecule has 4 unspecified atom stereocenters. The number of hydrogen-bond donors (Lipinski definition) is 7. The van der Waals surface area contributed by atoms with Crippen molar-refractivity contribution < 1.29 is 73.8 Å². The number of rotatable bonds is 44. The van der Waals surface area contributed by atoms with Crippen LogP contribution in [0.2, 0.25) is 0 Å². The first kappa shape index (κ1) is 62.6. The van der Waals surface area contributed by atoms with Crippen molar-refractivity contribution in [3.63, 3.8) is 0 Å². The Hall–Kier alpha value is -1.50. The summed E-state index contributed by atoms with van der Waals surface area (Å²) in [4.78, 5) is 25.8. The summed E-state index contributed by atoms with van der Waals surface area (Å²) in [5.74, 6) is -0.908. The van der Waals surface area contributed by atoms with Gasteiger partial charge in [0.05, 0.1) is 19.8 Å². The van der Waals surface area contributed by atoms with Crippen LogP contribution in [0.4, 0.5) is 0 Å². The number of carbonyl (C=O) groups is 2. The largest absolute Gasteiger partial charge is 0.462 e. The van der Waals surface area contributed by atoms with E-state index in [1.807, 2.05) is 0 Å². The maximum Gasteiger partial charge on any atom is 0.306 e. The molecule has 2 rings (SSSR count). The summed E-state index contributed by atoms with van der Waals surface area (Å²) >= 11 is 0. The lowest BCUT2D eigenvalue weighted by Gasteiger charge is -2.42. The van der Waals surface area contributed by atoms with Crippen molar-refractivity contribution in [3.8, 4) is 0 Å². The topological polar surface area (TPSA) is 231 Å². The molecule has 2 saturated heterocycles. The Morgan fingerprint density at radius 1 is 0.412 bits per heavy atom. The van der Waals surface area contributed by atoms with E-state index in [1.165, 1.54) is 154 Å². The predicted molar refractivity (Wildman–Crippen MR) is 262 cm³/mol. The minimum Gasteiger partial charge on any atom is -0.462 e. The fourth-order valence-electron chi connectivity index (χ4n) is 9.04. The summed E-state index contributed by atoms with van der Waals surface area (Å²) in [6.07, 6.45) is 22.8. The molecule has 2 aliphatic rings. The quantitative estimate of drug-likeness (QED) is 0.0225. The van der Waals surface area contributed by atoms with Gasteiger partial charge in [0.25, 0.3) is 0 Å². The number of aliphatic hydroxyl groups excluding tert-OH is 7. The first-order valence-corrected chi connectivity index (χ1v) is 27.6. The molecule has 15 heteroatoms. The lowest BCUT2D eigenvalue weighted by atomic mass is 9.98. The van der Waals surface area contributed by atoms with Gasteiger partial charge in [-0.15, -0.1) is 0 Å². The molecular weight excluding hydrogens is 877 g/mol. The fraction of sp³-hybridized carbons (Fsp3) is 0.962. The molecule has 15 nitrogen and oxygen atoms in total. The lowest BCUT2D eigenvalue weighted by molar-refractivity contribution is -0.332. The van der Waals surface area contributed by atoms with E-state index in [9.17, 15) is 45.3 Å². The third kappa shape index (κ3) is 28.5. The molecule has 0 aromatic rings. The van der Waals surface area contributed by atoms with Crippen LogP contribution in [0.1, 0.15) is 232 Å². The van der Waals surface area contributed by atoms with Crippen molar-refractivity contribution in [2.45, 2.75) is 300 Å². The molecule has 402 valence electrons. The maximum absolute atomic E-state index is 13.0. The van der Waals surface area contributed by atoms with E-state index in [0.717, 1.165) is 38.5 Å². The van der Waals surface area contributed by atoms with Gasteiger partial charge >= 0.3 is 11.9 Å². The Morgan fingerprint density at radius 2 is 0.750 bits per heavy atom. The van der Waals surface area contributed by atoms with Crippen LogP contribution < -0.4 is 0 Å². The van der Waals surface area contributed by atoms with Gasteiger partial charge in [-0.3, -0.25) is 9.59 Å². The van der Waals surface area contributed by atoms with E-state index in [-0.39, 0.29) is 26.1 Å². The van der Waals surface area contributed by atoms with Crippen LogP contribution in [0.25, 0.3) is 0 Å².